The van der Waals surface area contributed by atoms with E-state index in [-0.39, 0.29) is 11.9 Å². The average molecular weight is 650 g/mol. The molecule has 0 fully saturated rings. The van der Waals surface area contributed by atoms with Crippen LogP contribution in [-0.4, -0.2) is 49.0 Å². The van der Waals surface area contributed by atoms with Gasteiger partial charge in [0.2, 0.25) is 5.91 Å². The molecule has 4 aromatic carbocycles. The number of benzene rings is 4. The van der Waals surface area contributed by atoms with Gasteiger partial charge >= 0.3 is 0 Å². The first-order valence-corrected chi connectivity index (χ1v) is 16.6. The molecule has 0 N–H and O–H groups in total. The Bertz CT molecular complexity index is 1880. The molecule has 1 aliphatic rings. The lowest BCUT2D eigenvalue weighted by molar-refractivity contribution is -0.130. The smallest absolute Gasteiger partial charge is 0.240 e. The number of amides is 1. The molecule has 47 heavy (non-hydrogen) atoms. The lowest BCUT2D eigenvalue weighted by Gasteiger charge is -2.22. The Kier molecular flexibility index (Phi) is 9.73. The minimum Gasteiger partial charge on any atom is -0.496 e. The van der Waals surface area contributed by atoms with E-state index < -0.39 is 0 Å². The van der Waals surface area contributed by atoms with Gasteiger partial charge in [-0.15, -0.1) is 11.3 Å². The second-order valence-corrected chi connectivity index (χ2v) is 12.6. The molecule has 8 nitrogen and oxygen atoms in total. The molecule has 1 aromatic heterocycles. The standard InChI is InChI=1S/C38H39N3O5S/c1-24-20-29(22-35(44-5)25(24)2)32-23-33(41(40-32)26(3)42)28-14-17-34(43-4)36(21-28)46-19-9-8-18-45-30-15-12-27(13-16-30)38-39-31-10-6-7-11-37(31)47-38/h6-7,10-17,20-22,33H,8-9,18-19,23H2,1-5H3. The van der Waals surface area contributed by atoms with Gasteiger partial charge in [0.15, 0.2) is 11.5 Å². The van der Waals surface area contributed by atoms with Crippen molar-refractivity contribution in [1.82, 2.24) is 9.99 Å². The van der Waals surface area contributed by atoms with Gasteiger partial charge in [0.1, 0.15) is 16.5 Å². The highest BCUT2D eigenvalue weighted by molar-refractivity contribution is 7.21. The van der Waals surface area contributed by atoms with Crippen LogP contribution in [0.25, 0.3) is 20.8 Å². The Morgan fingerprint density at radius 2 is 1.60 bits per heavy atom. The monoisotopic (exact) mass is 649 g/mol. The van der Waals surface area contributed by atoms with Crippen molar-refractivity contribution in [2.75, 3.05) is 27.4 Å². The number of carbonyl (C=O) groups excluding carboxylic acids is 1. The van der Waals surface area contributed by atoms with Crippen molar-refractivity contribution in [3.63, 3.8) is 0 Å². The zero-order chi connectivity index (χ0) is 32.9. The van der Waals surface area contributed by atoms with Crippen LogP contribution in [0.4, 0.5) is 0 Å². The van der Waals surface area contributed by atoms with Crippen molar-refractivity contribution in [3.8, 4) is 33.6 Å². The summed E-state index contributed by atoms with van der Waals surface area (Å²) in [6.45, 7) is 6.72. The highest BCUT2D eigenvalue weighted by Crippen LogP contribution is 2.38. The molecule has 0 aliphatic carbocycles. The largest absolute Gasteiger partial charge is 0.496 e. The second kappa shape index (κ2) is 14.3. The van der Waals surface area contributed by atoms with Gasteiger partial charge in [0, 0.05) is 24.5 Å². The molecule has 2 heterocycles. The summed E-state index contributed by atoms with van der Waals surface area (Å²) in [4.78, 5) is 17.4. The summed E-state index contributed by atoms with van der Waals surface area (Å²) in [6, 6.07) is 25.9. The van der Waals surface area contributed by atoms with Crippen LogP contribution in [-0.2, 0) is 4.79 Å². The number of methoxy groups -OCH3 is 2. The molecule has 1 amide bonds. The van der Waals surface area contributed by atoms with Crippen molar-refractivity contribution in [2.45, 2.75) is 46.1 Å². The molecule has 5 aromatic rings. The summed E-state index contributed by atoms with van der Waals surface area (Å²) in [5.41, 5.74) is 7.04. The summed E-state index contributed by atoms with van der Waals surface area (Å²) < 4.78 is 24.6. The number of aromatic nitrogens is 1. The van der Waals surface area contributed by atoms with Crippen LogP contribution in [0.2, 0.25) is 0 Å². The molecule has 0 spiro atoms. The van der Waals surface area contributed by atoms with Gasteiger partial charge in [0.25, 0.3) is 0 Å². The van der Waals surface area contributed by atoms with Crippen molar-refractivity contribution in [2.24, 2.45) is 5.10 Å². The fourth-order valence-electron chi connectivity index (χ4n) is 5.72. The molecule has 1 atom stereocenters. The fraction of sp³-hybridized carbons (Fsp3) is 0.289. The van der Waals surface area contributed by atoms with Crippen LogP contribution in [0.3, 0.4) is 0 Å². The number of thiazole rings is 1. The minimum atomic E-state index is -0.252. The average Bonchev–Trinajstić information content (AvgIpc) is 3.73. The van der Waals surface area contributed by atoms with E-state index in [2.05, 4.69) is 31.2 Å². The quantitative estimate of drug-likeness (QED) is 0.126. The van der Waals surface area contributed by atoms with Gasteiger partial charge in [0.05, 0.1) is 49.4 Å². The number of fused-ring (bicyclic) bond motifs is 1. The Balaban J connectivity index is 1.04. The normalized spacial score (nSPS) is 14.3. The van der Waals surface area contributed by atoms with E-state index in [0.29, 0.717) is 31.1 Å². The maximum Gasteiger partial charge on any atom is 0.240 e. The number of ether oxygens (including phenoxy) is 4. The van der Waals surface area contributed by atoms with E-state index in [9.17, 15) is 4.79 Å². The van der Waals surface area contributed by atoms with Gasteiger partial charge in [-0.05, 0) is 104 Å². The van der Waals surface area contributed by atoms with E-state index >= 15 is 0 Å². The van der Waals surface area contributed by atoms with Gasteiger partial charge in [-0.2, -0.15) is 5.10 Å². The first-order chi connectivity index (χ1) is 22.8. The predicted molar refractivity (Wildman–Crippen MR) is 187 cm³/mol. The van der Waals surface area contributed by atoms with Crippen molar-refractivity contribution < 1.29 is 23.7 Å². The third kappa shape index (κ3) is 7.10. The fourth-order valence-corrected chi connectivity index (χ4v) is 6.69. The first kappa shape index (κ1) is 32.1. The molecule has 0 saturated heterocycles. The Labute approximate surface area is 279 Å². The number of hydrogen-bond acceptors (Lipinski definition) is 8. The third-order valence-corrected chi connectivity index (χ3v) is 9.52. The third-order valence-electron chi connectivity index (χ3n) is 8.44. The van der Waals surface area contributed by atoms with Crippen LogP contribution in [0.15, 0.2) is 84.0 Å². The molecular formula is C38H39N3O5S. The maximum absolute atomic E-state index is 12.7. The topological polar surface area (TPSA) is 82.5 Å². The van der Waals surface area contributed by atoms with Crippen molar-refractivity contribution in [3.05, 3.63) is 101 Å². The lowest BCUT2D eigenvalue weighted by Crippen LogP contribution is -2.24. The van der Waals surface area contributed by atoms with Crippen LogP contribution in [0.1, 0.15) is 54.5 Å². The number of aryl methyl sites for hydroxylation is 1. The summed E-state index contributed by atoms with van der Waals surface area (Å²) in [6.07, 6.45) is 2.22. The van der Waals surface area contributed by atoms with Crippen LogP contribution in [0.5, 0.6) is 23.0 Å². The molecule has 242 valence electrons. The van der Waals surface area contributed by atoms with E-state index in [1.165, 1.54) is 4.70 Å². The summed E-state index contributed by atoms with van der Waals surface area (Å²) >= 11 is 1.69. The molecular weight excluding hydrogens is 611 g/mol. The number of rotatable bonds is 12. The number of hydrogen-bond donors (Lipinski definition) is 0. The molecule has 1 aliphatic heterocycles. The number of nitrogens with zero attached hydrogens (tertiary/aromatic N) is 3. The zero-order valence-corrected chi connectivity index (χ0v) is 28.2. The molecule has 0 bridgehead atoms. The molecule has 6 rings (SSSR count). The molecule has 9 heteroatoms. The summed E-state index contributed by atoms with van der Waals surface area (Å²) in [7, 11) is 3.30. The number of para-hydroxylation sites is 1. The number of carbonyl (C=O) groups is 1. The highest BCUT2D eigenvalue weighted by atomic mass is 32.1. The molecule has 0 saturated carbocycles. The zero-order valence-electron chi connectivity index (χ0n) is 27.4. The summed E-state index contributed by atoms with van der Waals surface area (Å²) in [5, 5.41) is 7.31. The van der Waals surface area contributed by atoms with Crippen molar-refractivity contribution >= 4 is 33.2 Å². The van der Waals surface area contributed by atoms with E-state index in [1.807, 2.05) is 61.5 Å². The van der Waals surface area contributed by atoms with Crippen LogP contribution in [0, 0.1) is 13.8 Å². The maximum atomic E-state index is 12.7. The summed E-state index contributed by atoms with van der Waals surface area (Å²) in [5.74, 6) is 2.80. The van der Waals surface area contributed by atoms with Crippen LogP contribution < -0.4 is 18.9 Å². The van der Waals surface area contributed by atoms with Gasteiger partial charge in [-0.3, -0.25) is 4.79 Å². The molecule has 0 radical (unpaired) electrons. The molecule has 1 unspecified atom stereocenters. The predicted octanol–water partition coefficient (Wildman–Crippen LogP) is 8.53. The first-order valence-electron chi connectivity index (χ1n) is 15.8. The number of hydrazone groups is 1. The second-order valence-electron chi connectivity index (χ2n) is 11.6. The lowest BCUT2D eigenvalue weighted by atomic mass is 9.95. The Hall–Kier alpha value is -4.89. The van der Waals surface area contributed by atoms with E-state index in [0.717, 1.165) is 68.4 Å². The van der Waals surface area contributed by atoms with E-state index in [4.69, 9.17) is 29.0 Å². The minimum absolute atomic E-state index is 0.120. The van der Waals surface area contributed by atoms with E-state index in [1.54, 1.807) is 37.5 Å². The van der Waals surface area contributed by atoms with Crippen LogP contribution >= 0.6 is 11.3 Å². The SMILES string of the molecule is COc1ccc(C2CC(c3cc(C)c(C)c(OC)c3)=NN2C(C)=O)cc1OCCCCOc1ccc(-c2nc3ccccc3s2)cc1. The Morgan fingerprint density at radius 3 is 2.32 bits per heavy atom. The van der Waals surface area contributed by atoms with Gasteiger partial charge in [-0.25, -0.2) is 9.99 Å². The highest BCUT2D eigenvalue weighted by Gasteiger charge is 2.32. The van der Waals surface area contributed by atoms with Gasteiger partial charge < -0.3 is 18.9 Å². The number of unbranched alkanes of at least 4 members (excludes halogenated alkanes) is 1. The Morgan fingerprint density at radius 1 is 0.851 bits per heavy atom. The van der Waals surface area contributed by atoms with Gasteiger partial charge in [-0.1, -0.05) is 18.2 Å². The van der Waals surface area contributed by atoms with Crippen molar-refractivity contribution in [1.29, 1.82) is 0 Å².